The maximum Gasteiger partial charge on any atom is 0.248 e. The molecule has 124 heavy (non-hydrogen) atoms. The fraction of sp³-hybridized carbons (Fsp3) is 0.759. The minimum absolute atomic E-state index is 0.0130. The van der Waals surface area contributed by atoms with Gasteiger partial charge in [-0.25, -0.2) is 0 Å². The summed E-state index contributed by atoms with van der Waals surface area (Å²) < 4.78 is 0. The van der Waals surface area contributed by atoms with Crippen LogP contribution in [0.4, 0.5) is 0 Å². The molecule has 0 bridgehead atoms. The van der Waals surface area contributed by atoms with Crippen molar-refractivity contribution in [2.75, 3.05) is 26.2 Å². The van der Waals surface area contributed by atoms with Gasteiger partial charge in [-0.2, -0.15) is 0 Å². The molecule has 22 N–H and O–H groups in total. The van der Waals surface area contributed by atoms with Gasteiger partial charge in [0, 0.05) is 26.3 Å². The van der Waals surface area contributed by atoms with E-state index in [-0.39, 0.29) is 82.1 Å². The zero-order valence-corrected chi connectivity index (χ0v) is 77.7. The topological polar surface area (TPSA) is 621 Å². The highest BCUT2D eigenvalue weighted by Crippen LogP contribution is 2.25. The van der Waals surface area contributed by atoms with E-state index >= 15 is 0 Å². The van der Waals surface area contributed by atoms with Gasteiger partial charge in [0.1, 0.15) is 86.6 Å². The van der Waals surface area contributed by atoms with Crippen LogP contribution in [0.5, 0.6) is 0 Å². The predicted molar refractivity (Wildman–Crippen MR) is 459 cm³/mol. The maximum atomic E-state index is 14.6. The number of carbonyl (C=O) groups excluding carboxylic acids is 20. The van der Waals surface area contributed by atoms with Gasteiger partial charge < -0.3 is 112 Å². The number of hydrogen-bond acceptors (Lipinski definition) is 21. The van der Waals surface area contributed by atoms with E-state index in [1.165, 1.54) is 116 Å². The summed E-state index contributed by atoms with van der Waals surface area (Å²) in [5.74, 6) is -17.0. The molecule has 0 saturated carbocycles. The Morgan fingerprint density at radius 2 is 0.766 bits per heavy atom. The number of likely N-dealkylation sites (tertiary alicyclic amines) is 1. The molecule has 0 aromatic rings. The minimum Gasteiger partial charge on any atom is -0.394 e. The summed E-state index contributed by atoms with van der Waals surface area (Å²) in [6.07, 6.45) is -0.264. The van der Waals surface area contributed by atoms with E-state index in [2.05, 4.69) is 90.4 Å². The van der Waals surface area contributed by atoms with E-state index in [1.54, 1.807) is 55.4 Å². The maximum absolute atomic E-state index is 14.6. The summed E-state index contributed by atoms with van der Waals surface area (Å²) in [6.45, 7) is 37.7. The molecule has 1 aliphatic rings. The number of aliphatic hydroxyl groups is 1. The SMILES string of the molecule is CC[C@H](C)[C@H](NC(=O)[C@@](C)(CC)NC(=O)[C@H](CCC(N)=O)NC(=O)[C@@](C)(CC)NC(=O)C(C)(C)NC(=O)[C@H](C)NC(=O)CNC(=O)C(C)(C)NC(C)=O)C(=O)NC(C)(C)C(=O)NCC(=O)N[C@@H](CC(C)C)C(=O)NC(C)(C)C(=O)N1CCC[C@@H]1C(=O)N[C@@H](CC(C)C)C(=O)NC(C)(C)C(=O)N[C@](C)(CC)C(=O)N[C@@H](CCC(N)=O)C(=O)N[C@H](CO)CC(C)C. The van der Waals surface area contributed by atoms with E-state index in [4.69, 9.17) is 11.5 Å². The molecule has 41 heteroatoms. The average molecular weight is 1760 g/mol. The van der Waals surface area contributed by atoms with Crippen molar-refractivity contribution in [1.82, 2.24) is 95.3 Å². The Kier molecular flexibility index (Phi) is 43.1. The average Bonchev–Trinajstić information content (AvgIpc) is 1.56. The highest BCUT2D eigenvalue weighted by atomic mass is 16.3. The smallest absolute Gasteiger partial charge is 0.248 e. The fourth-order valence-corrected chi connectivity index (χ4v) is 12.9. The Labute approximate surface area is 728 Å². The third-order valence-electron chi connectivity index (χ3n) is 21.7. The largest absolute Gasteiger partial charge is 0.394 e. The molecule has 12 atom stereocenters. The van der Waals surface area contributed by atoms with Crippen molar-refractivity contribution in [3.8, 4) is 0 Å². The third kappa shape index (κ3) is 35.2. The van der Waals surface area contributed by atoms with E-state index in [0.717, 1.165) is 0 Å². The molecule has 1 aliphatic heterocycles. The molecule has 704 valence electrons. The first kappa shape index (κ1) is 111. The van der Waals surface area contributed by atoms with Gasteiger partial charge in [-0.15, -0.1) is 0 Å². The van der Waals surface area contributed by atoms with Gasteiger partial charge in [0.25, 0.3) is 0 Å². The molecule has 0 unspecified atom stereocenters. The molecule has 0 spiro atoms. The second kappa shape index (κ2) is 48.0. The van der Waals surface area contributed by atoms with Crippen molar-refractivity contribution < 1.29 is 101 Å². The number of nitrogens with one attached hydrogen (secondary N) is 17. The standard InChI is InChI=1S/C83H146N20O21/c1-27-47(11)60(94-74(123)81(24,28-2)100-63(112)52(34-36-57(85)107)93-73(122)83(26,30-4)101-70(119)78(18,19)96-61(110)48(12)88-58(108)41-86-68(117)76(14,15)95-49(13)105)67(116)99-77(16,17)69(118)87-42-59(109)90-53(39-45(7)8)64(113)98-80(22,23)75(124)103-37-31-32-55(103)66(115)91-54(40-46(9)10)65(114)97-79(20,21)71(120)102-82(25,29-3)72(121)92-51(33-35-56(84)106)62(111)89-50(43-104)38-44(5)6/h44-48,50-55,60,104H,27-43H2,1-26H3,(H2,84,106)(H2,85,107)(H,86,117)(H,87,118)(H,88,108)(H,89,111)(H,90,109)(H,91,115)(H,92,121)(H,93,122)(H,94,123)(H,95,105)(H,96,110)(H,97,114)(H,98,113)(H,99,116)(H,100,112)(H,101,119)(H,102,120)/t47-,48-,50-,51-,52-,53-,54-,55+,60-,81+,82+,83+/m0/s1. The summed E-state index contributed by atoms with van der Waals surface area (Å²) in [4.78, 5) is 274. The van der Waals surface area contributed by atoms with Gasteiger partial charge >= 0.3 is 0 Å². The Morgan fingerprint density at radius 3 is 1.18 bits per heavy atom. The van der Waals surface area contributed by atoms with Crippen molar-refractivity contribution >= 4 is 118 Å². The number of rotatable bonds is 52. The number of primary amides is 2. The van der Waals surface area contributed by atoms with Gasteiger partial charge in [0.05, 0.1) is 25.7 Å². The van der Waals surface area contributed by atoms with Crippen molar-refractivity contribution in [2.24, 2.45) is 35.1 Å². The number of hydrogen-bond donors (Lipinski definition) is 20. The predicted octanol–water partition coefficient (Wildman–Crippen LogP) is -2.32. The summed E-state index contributed by atoms with van der Waals surface area (Å²) in [5, 5.41) is 54.0. The lowest BCUT2D eigenvalue weighted by atomic mass is 9.92. The molecule has 1 saturated heterocycles. The van der Waals surface area contributed by atoms with Crippen LogP contribution in [0.25, 0.3) is 0 Å². The normalized spacial score (nSPS) is 16.5. The molecular formula is C83H146N20O21. The number of aliphatic hydroxyl groups excluding tert-OH is 1. The molecule has 0 aliphatic carbocycles. The Balaban J connectivity index is 3.30. The molecule has 1 fully saturated rings. The summed E-state index contributed by atoms with van der Waals surface area (Å²) in [7, 11) is 0. The van der Waals surface area contributed by atoms with Gasteiger partial charge in [-0.1, -0.05) is 82.6 Å². The van der Waals surface area contributed by atoms with Gasteiger partial charge in [0.2, 0.25) is 118 Å². The van der Waals surface area contributed by atoms with Crippen molar-refractivity contribution in [3.05, 3.63) is 0 Å². The zero-order valence-electron chi connectivity index (χ0n) is 77.7. The first-order valence-corrected chi connectivity index (χ1v) is 42.5. The van der Waals surface area contributed by atoms with Crippen LogP contribution in [0.1, 0.15) is 263 Å². The second-order valence-electron chi connectivity index (χ2n) is 36.9. The van der Waals surface area contributed by atoms with Crippen molar-refractivity contribution in [2.45, 2.75) is 356 Å². The highest BCUT2D eigenvalue weighted by molar-refractivity contribution is 6.04. The molecule has 0 radical (unpaired) electrons. The lowest BCUT2D eigenvalue weighted by Gasteiger charge is -2.36. The third-order valence-corrected chi connectivity index (χ3v) is 21.7. The van der Waals surface area contributed by atoms with Gasteiger partial charge in [-0.3, -0.25) is 95.9 Å². The fourth-order valence-electron chi connectivity index (χ4n) is 12.9. The van der Waals surface area contributed by atoms with Crippen LogP contribution in [-0.4, -0.2) is 247 Å². The number of carbonyl (C=O) groups is 20. The molecule has 1 rings (SSSR count). The van der Waals surface area contributed by atoms with Crippen LogP contribution in [0.3, 0.4) is 0 Å². The molecule has 1 heterocycles. The number of amides is 20. The molecule has 0 aromatic heterocycles. The summed E-state index contributed by atoms with van der Waals surface area (Å²) in [6, 6.07) is -9.87. The van der Waals surface area contributed by atoms with Crippen LogP contribution in [0, 0.1) is 23.7 Å². The van der Waals surface area contributed by atoms with E-state index in [0.29, 0.717) is 12.8 Å². The Morgan fingerprint density at radius 1 is 0.395 bits per heavy atom. The van der Waals surface area contributed by atoms with E-state index < -0.39 is 249 Å². The number of nitrogens with two attached hydrogens (primary N) is 2. The Bertz CT molecular complexity index is 3860. The van der Waals surface area contributed by atoms with Crippen LogP contribution >= 0.6 is 0 Å². The van der Waals surface area contributed by atoms with Gasteiger partial charge in [0.15, 0.2) is 0 Å². The van der Waals surface area contributed by atoms with Crippen molar-refractivity contribution in [3.63, 3.8) is 0 Å². The highest BCUT2D eigenvalue weighted by Gasteiger charge is 2.48. The Hall–Kier alpha value is -10.6. The minimum atomic E-state index is -1.85. The second-order valence-corrected chi connectivity index (χ2v) is 36.9. The van der Waals surface area contributed by atoms with Crippen LogP contribution in [0.15, 0.2) is 0 Å². The summed E-state index contributed by atoms with van der Waals surface area (Å²) >= 11 is 0. The monoisotopic (exact) mass is 1760 g/mol. The quantitative estimate of drug-likeness (QED) is 0.0304. The lowest BCUT2D eigenvalue weighted by molar-refractivity contribution is -0.145. The van der Waals surface area contributed by atoms with Crippen LogP contribution in [-0.2, 0) is 95.9 Å². The molecular weight excluding hydrogens is 1610 g/mol. The van der Waals surface area contributed by atoms with Crippen LogP contribution < -0.4 is 102 Å². The van der Waals surface area contributed by atoms with Crippen LogP contribution in [0.2, 0.25) is 0 Å². The molecule has 20 amide bonds. The van der Waals surface area contributed by atoms with E-state index in [1.807, 2.05) is 13.8 Å². The van der Waals surface area contributed by atoms with Gasteiger partial charge in [-0.05, 0) is 185 Å². The van der Waals surface area contributed by atoms with E-state index in [9.17, 15) is 101 Å². The number of nitrogens with zero attached hydrogens (tertiary/aromatic N) is 1. The molecule has 0 aromatic carbocycles. The first-order chi connectivity index (χ1) is 56.8. The zero-order chi connectivity index (χ0) is 96.1. The first-order valence-electron chi connectivity index (χ1n) is 42.5. The lowest BCUT2D eigenvalue weighted by Crippen LogP contribution is -2.67. The molecule has 41 nitrogen and oxygen atoms in total. The van der Waals surface area contributed by atoms with Crippen molar-refractivity contribution in [1.29, 1.82) is 0 Å². The summed E-state index contributed by atoms with van der Waals surface area (Å²) in [5.41, 5.74) is -2.89.